The number of para-hydroxylation sites is 1. The molecular weight excluding hydrogens is 468 g/mol. The number of hydrogen-bond acceptors (Lipinski definition) is 8. The number of ether oxygens (including phenoxy) is 3. The average molecular weight is 489 g/mol. The molecule has 1 aromatic heterocycles. The van der Waals surface area contributed by atoms with Crippen molar-refractivity contribution >= 4 is 33.4 Å². The van der Waals surface area contributed by atoms with Gasteiger partial charge in [-0.15, -0.1) is 10.2 Å². The van der Waals surface area contributed by atoms with Gasteiger partial charge in [-0.05, 0) is 46.8 Å². The van der Waals surface area contributed by atoms with E-state index in [1.807, 2.05) is 50.2 Å². The lowest BCUT2D eigenvalue weighted by Crippen LogP contribution is -2.17. The summed E-state index contributed by atoms with van der Waals surface area (Å²) in [5, 5.41) is 12.7. The van der Waals surface area contributed by atoms with Crippen LogP contribution in [-0.4, -0.2) is 34.7 Å². The van der Waals surface area contributed by atoms with E-state index in [2.05, 4.69) is 36.4 Å². The summed E-state index contributed by atoms with van der Waals surface area (Å²) >= 11 is 5.11. The molecule has 9 heteroatoms. The van der Waals surface area contributed by atoms with Crippen LogP contribution in [0, 0.1) is 0 Å². The molecule has 1 aliphatic heterocycles. The molecule has 30 heavy (non-hydrogen) atoms. The van der Waals surface area contributed by atoms with E-state index in [0.717, 1.165) is 27.0 Å². The minimum Gasteiger partial charge on any atom is -0.493 e. The van der Waals surface area contributed by atoms with Gasteiger partial charge in [0.25, 0.3) is 0 Å². The van der Waals surface area contributed by atoms with Crippen molar-refractivity contribution in [3.05, 3.63) is 46.4 Å². The van der Waals surface area contributed by atoms with Gasteiger partial charge in [0.15, 0.2) is 23.4 Å². The average Bonchev–Trinajstić information content (AvgIpc) is 2.92. The number of thioether (sulfide) groups is 1. The Morgan fingerprint density at radius 2 is 2.03 bits per heavy atom. The maximum Gasteiger partial charge on any atom is 0.247 e. The summed E-state index contributed by atoms with van der Waals surface area (Å²) < 4.78 is 18.4. The van der Waals surface area contributed by atoms with Crippen LogP contribution in [0.25, 0.3) is 11.3 Å². The number of rotatable bonds is 6. The predicted molar refractivity (Wildman–Crippen MR) is 121 cm³/mol. The van der Waals surface area contributed by atoms with Crippen LogP contribution >= 0.6 is 27.7 Å². The largest absolute Gasteiger partial charge is 0.493 e. The second-order valence-corrected chi connectivity index (χ2v) is 8.42. The third-order valence-electron chi connectivity index (χ3n) is 4.45. The maximum atomic E-state index is 6.31. The smallest absolute Gasteiger partial charge is 0.247 e. The van der Waals surface area contributed by atoms with Crippen LogP contribution in [0.15, 0.2) is 46.0 Å². The van der Waals surface area contributed by atoms with Crippen molar-refractivity contribution in [3.8, 4) is 28.6 Å². The Kier molecular flexibility index (Phi) is 6.29. The number of anilines is 1. The first-order valence-electron chi connectivity index (χ1n) is 9.54. The standard InChI is InChI=1S/C21H21BrN4O3S/c1-4-28-18-14(22)10-12(11-16(18)27-3)19-23-15-9-7-6-8-13(15)17-20(29-19)24-21(26-25-17)30-5-2/h6-11,19,23H,4-5H2,1-3H3. The van der Waals surface area contributed by atoms with Crippen LogP contribution in [0.3, 0.4) is 0 Å². The Hall–Kier alpha value is -2.52. The summed E-state index contributed by atoms with van der Waals surface area (Å²) in [7, 11) is 1.62. The monoisotopic (exact) mass is 488 g/mol. The molecular formula is C21H21BrN4O3S. The maximum absolute atomic E-state index is 6.31. The molecule has 7 nitrogen and oxygen atoms in total. The van der Waals surface area contributed by atoms with E-state index >= 15 is 0 Å². The second-order valence-electron chi connectivity index (χ2n) is 6.34. The number of hydrogen-bond donors (Lipinski definition) is 1. The van der Waals surface area contributed by atoms with E-state index in [0.29, 0.717) is 34.8 Å². The number of halogens is 1. The fourth-order valence-corrected chi connectivity index (χ4v) is 4.24. The Labute approximate surface area is 187 Å². The predicted octanol–water partition coefficient (Wildman–Crippen LogP) is 5.32. The number of nitrogens with zero attached hydrogens (tertiary/aromatic N) is 3. The Bertz CT molecular complexity index is 1070. The zero-order valence-corrected chi connectivity index (χ0v) is 19.2. The lowest BCUT2D eigenvalue weighted by atomic mass is 10.1. The molecule has 0 aliphatic carbocycles. The molecule has 3 aromatic rings. The highest BCUT2D eigenvalue weighted by Gasteiger charge is 2.27. The van der Waals surface area contributed by atoms with Crippen molar-refractivity contribution in [2.75, 3.05) is 24.8 Å². The highest BCUT2D eigenvalue weighted by Crippen LogP contribution is 2.43. The molecule has 1 aliphatic rings. The number of nitrogens with one attached hydrogen (secondary N) is 1. The highest BCUT2D eigenvalue weighted by molar-refractivity contribution is 9.10. The molecule has 1 atom stereocenters. The Morgan fingerprint density at radius 3 is 2.80 bits per heavy atom. The van der Waals surface area contributed by atoms with Gasteiger partial charge in [0.2, 0.25) is 11.0 Å². The van der Waals surface area contributed by atoms with Gasteiger partial charge in [-0.2, -0.15) is 4.98 Å². The quantitative estimate of drug-likeness (QED) is 0.466. The first kappa shape index (κ1) is 20.7. The third-order valence-corrected chi connectivity index (χ3v) is 5.76. The van der Waals surface area contributed by atoms with Gasteiger partial charge in [0, 0.05) is 16.8 Å². The first-order valence-corrected chi connectivity index (χ1v) is 11.3. The molecule has 156 valence electrons. The summed E-state index contributed by atoms with van der Waals surface area (Å²) in [6.07, 6.45) is -0.510. The van der Waals surface area contributed by atoms with Crippen LogP contribution in [0.4, 0.5) is 5.69 Å². The normalized spacial score (nSPS) is 14.6. The number of methoxy groups -OCH3 is 1. The topological polar surface area (TPSA) is 78.4 Å². The van der Waals surface area contributed by atoms with E-state index in [1.54, 1.807) is 7.11 Å². The number of fused-ring (bicyclic) bond motifs is 3. The van der Waals surface area contributed by atoms with E-state index in [9.17, 15) is 0 Å². The molecule has 0 fully saturated rings. The van der Waals surface area contributed by atoms with Gasteiger partial charge < -0.3 is 19.5 Å². The van der Waals surface area contributed by atoms with Crippen LogP contribution in [0.1, 0.15) is 25.6 Å². The first-order chi connectivity index (χ1) is 14.6. The molecule has 0 radical (unpaired) electrons. The minimum absolute atomic E-state index is 0.437. The molecule has 0 saturated carbocycles. The molecule has 1 N–H and O–H groups in total. The van der Waals surface area contributed by atoms with Gasteiger partial charge in [0.05, 0.1) is 18.2 Å². The van der Waals surface area contributed by atoms with Crippen LogP contribution < -0.4 is 19.5 Å². The summed E-state index contributed by atoms with van der Waals surface area (Å²) in [6.45, 7) is 4.51. The van der Waals surface area contributed by atoms with Gasteiger partial charge in [0.1, 0.15) is 0 Å². The molecule has 4 rings (SSSR count). The summed E-state index contributed by atoms with van der Waals surface area (Å²) in [5.41, 5.74) is 3.24. The van der Waals surface area contributed by atoms with Crippen molar-refractivity contribution < 1.29 is 14.2 Å². The van der Waals surface area contributed by atoms with Crippen molar-refractivity contribution in [1.82, 2.24) is 15.2 Å². The molecule has 0 spiro atoms. The Balaban J connectivity index is 1.81. The van der Waals surface area contributed by atoms with Crippen LogP contribution in [-0.2, 0) is 0 Å². The molecule has 0 saturated heterocycles. The third kappa shape index (κ3) is 4.04. The molecule has 1 unspecified atom stereocenters. The van der Waals surface area contributed by atoms with Crippen LogP contribution in [0.5, 0.6) is 17.4 Å². The number of aromatic nitrogens is 3. The summed E-state index contributed by atoms with van der Waals surface area (Å²) in [5.74, 6) is 2.56. The van der Waals surface area contributed by atoms with Crippen molar-refractivity contribution in [2.24, 2.45) is 0 Å². The highest BCUT2D eigenvalue weighted by atomic mass is 79.9. The lowest BCUT2D eigenvalue weighted by Gasteiger charge is -2.21. The summed E-state index contributed by atoms with van der Waals surface area (Å²) in [4.78, 5) is 4.61. The van der Waals surface area contributed by atoms with E-state index < -0.39 is 6.23 Å². The zero-order valence-electron chi connectivity index (χ0n) is 16.8. The molecule has 0 bridgehead atoms. The molecule has 0 amide bonds. The van der Waals surface area contributed by atoms with Crippen molar-refractivity contribution in [1.29, 1.82) is 0 Å². The van der Waals surface area contributed by atoms with Gasteiger partial charge in [-0.25, -0.2) is 0 Å². The van der Waals surface area contributed by atoms with Gasteiger partial charge >= 0.3 is 0 Å². The van der Waals surface area contributed by atoms with E-state index in [4.69, 9.17) is 14.2 Å². The molecule has 2 heterocycles. The fourth-order valence-electron chi connectivity index (χ4n) is 3.16. The Morgan fingerprint density at radius 1 is 1.20 bits per heavy atom. The zero-order chi connectivity index (χ0) is 21.1. The lowest BCUT2D eigenvalue weighted by molar-refractivity contribution is 0.224. The van der Waals surface area contributed by atoms with Crippen molar-refractivity contribution in [2.45, 2.75) is 25.2 Å². The SMILES string of the molecule is CCOc1c(Br)cc(C2Nc3ccccc3-c3nnc(SCC)nc3O2)cc1OC. The van der Waals surface area contributed by atoms with E-state index in [1.165, 1.54) is 11.8 Å². The molecule has 2 aromatic carbocycles. The van der Waals surface area contributed by atoms with E-state index in [-0.39, 0.29) is 0 Å². The summed E-state index contributed by atoms with van der Waals surface area (Å²) in [6, 6.07) is 11.7. The van der Waals surface area contributed by atoms with Crippen LogP contribution in [0.2, 0.25) is 0 Å². The second kappa shape index (κ2) is 9.09. The minimum atomic E-state index is -0.510. The fraction of sp³-hybridized carbons (Fsp3) is 0.286. The number of benzene rings is 2. The van der Waals surface area contributed by atoms with Crippen molar-refractivity contribution in [3.63, 3.8) is 0 Å². The van der Waals surface area contributed by atoms with Gasteiger partial charge in [-0.3, -0.25) is 0 Å². The van der Waals surface area contributed by atoms with Gasteiger partial charge in [-0.1, -0.05) is 36.9 Å².